The molecule has 4 nitrogen and oxygen atoms in total. The van der Waals surface area contributed by atoms with Gasteiger partial charge in [-0.15, -0.1) is 0 Å². The highest BCUT2D eigenvalue weighted by atomic mass is 16.4. The van der Waals surface area contributed by atoms with Crippen molar-refractivity contribution in [2.45, 2.75) is 110 Å². The number of primary amides is 1. The minimum Gasteiger partial charge on any atom is -0.481 e. The summed E-state index contributed by atoms with van der Waals surface area (Å²) in [6.45, 7) is 7.50. The number of unbranched alkanes of at least 4 members (excludes halogenated alkanes) is 12. The largest absolute Gasteiger partial charge is 0.481 e. The van der Waals surface area contributed by atoms with Gasteiger partial charge in [-0.3, -0.25) is 9.59 Å². The van der Waals surface area contributed by atoms with Crippen molar-refractivity contribution in [1.82, 2.24) is 0 Å². The van der Waals surface area contributed by atoms with Crippen molar-refractivity contribution in [2.75, 3.05) is 0 Å². The molecule has 4 heteroatoms. The van der Waals surface area contributed by atoms with Gasteiger partial charge in [-0.05, 0) is 12.8 Å². The van der Waals surface area contributed by atoms with Gasteiger partial charge >= 0.3 is 5.97 Å². The van der Waals surface area contributed by atoms with Crippen LogP contribution in [0, 0.1) is 0 Å². The zero-order valence-corrected chi connectivity index (χ0v) is 16.7. The van der Waals surface area contributed by atoms with Gasteiger partial charge in [0.05, 0.1) is 0 Å². The van der Waals surface area contributed by atoms with Crippen molar-refractivity contribution in [1.29, 1.82) is 0 Å². The van der Waals surface area contributed by atoms with E-state index in [4.69, 9.17) is 10.8 Å². The second kappa shape index (κ2) is 20.7. The predicted octanol–water partition coefficient (Wildman–Crippen LogP) is 5.99. The van der Waals surface area contributed by atoms with E-state index in [2.05, 4.69) is 13.5 Å². The van der Waals surface area contributed by atoms with Crippen molar-refractivity contribution in [3.8, 4) is 0 Å². The third kappa shape index (κ3) is 25.0. The zero-order chi connectivity index (χ0) is 19.3. The Morgan fingerprint density at radius 1 is 0.760 bits per heavy atom. The number of amides is 1. The van der Waals surface area contributed by atoms with Crippen LogP contribution in [-0.2, 0) is 9.59 Å². The molecule has 0 aromatic rings. The molecule has 0 fully saturated rings. The average Bonchev–Trinajstić information content (AvgIpc) is 2.58. The summed E-state index contributed by atoms with van der Waals surface area (Å²) in [7, 11) is 0. The summed E-state index contributed by atoms with van der Waals surface area (Å²) >= 11 is 0. The molecule has 0 spiro atoms. The molecule has 25 heavy (non-hydrogen) atoms. The van der Waals surface area contributed by atoms with Crippen LogP contribution in [0.1, 0.15) is 110 Å². The highest BCUT2D eigenvalue weighted by Crippen LogP contribution is 2.12. The molecule has 1 amide bonds. The van der Waals surface area contributed by atoms with Crippen molar-refractivity contribution in [3.63, 3.8) is 0 Å². The molecule has 0 saturated carbocycles. The normalized spacial score (nSPS) is 10.0. The number of aliphatic carboxylic acids is 1. The summed E-state index contributed by atoms with van der Waals surface area (Å²) in [5.74, 6) is -1.06. The van der Waals surface area contributed by atoms with Gasteiger partial charge in [-0.1, -0.05) is 97.5 Å². The van der Waals surface area contributed by atoms with E-state index in [1.807, 2.05) is 6.92 Å². The molecule has 0 rings (SSSR count). The van der Waals surface area contributed by atoms with Crippen LogP contribution in [-0.4, -0.2) is 17.0 Å². The topological polar surface area (TPSA) is 80.4 Å². The standard InChI is InChI=1S/C16H32O2.C5H9NO/c1-2-3-4-5-6-7-8-9-10-11-12-13-14-15-16(17)18;1-3-4(2)5(6)7/h2-15H2,1H3,(H,17,18);2-3H2,1H3,(H2,6,7). The first-order valence-electron chi connectivity index (χ1n) is 10.1. The Labute approximate surface area is 155 Å². The van der Waals surface area contributed by atoms with Crippen LogP contribution in [0.15, 0.2) is 12.2 Å². The fourth-order valence-electron chi connectivity index (χ4n) is 2.47. The molecular weight excluding hydrogens is 314 g/mol. The molecule has 0 radical (unpaired) electrons. The summed E-state index contributed by atoms with van der Waals surface area (Å²) in [4.78, 5) is 20.4. The van der Waals surface area contributed by atoms with Crippen LogP contribution in [0.2, 0.25) is 0 Å². The molecule has 3 N–H and O–H groups in total. The van der Waals surface area contributed by atoms with Crippen molar-refractivity contribution in [3.05, 3.63) is 12.2 Å². The molecule has 0 aromatic carbocycles. The van der Waals surface area contributed by atoms with E-state index < -0.39 is 11.9 Å². The van der Waals surface area contributed by atoms with Gasteiger partial charge in [0.1, 0.15) is 0 Å². The van der Waals surface area contributed by atoms with E-state index in [0.717, 1.165) is 12.8 Å². The number of nitrogens with two attached hydrogens (primary N) is 1. The number of carboxylic acids is 1. The van der Waals surface area contributed by atoms with Gasteiger partial charge in [0.2, 0.25) is 5.91 Å². The maximum Gasteiger partial charge on any atom is 0.303 e. The maximum atomic E-state index is 10.3. The second-order valence-electron chi connectivity index (χ2n) is 6.71. The van der Waals surface area contributed by atoms with Crippen molar-refractivity contribution in [2.24, 2.45) is 5.73 Å². The van der Waals surface area contributed by atoms with Gasteiger partial charge in [-0.2, -0.15) is 0 Å². The first kappa shape index (κ1) is 25.9. The van der Waals surface area contributed by atoms with E-state index in [1.54, 1.807) is 0 Å². The SMILES string of the molecule is C=C(CC)C(N)=O.CCCCCCCCCCCCCCCC(=O)O. The summed E-state index contributed by atoms with van der Waals surface area (Å²) < 4.78 is 0. The first-order valence-corrected chi connectivity index (χ1v) is 10.1. The van der Waals surface area contributed by atoms with Crippen LogP contribution in [0.3, 0.4) is 0 Å². The van der Waals surface area contributed by atoms with E-state index in [0.29, 0.717) is 18.4 Å². The average molecular weight is 356 g/mol. The molecule has 0 aromatic heterocycles. The van der Waals surface area contributed by atoms with Gasteiger partial charge in [0.25, 0.3) is 0 Å². The number of carboxylic acid groups (broad SMARTS) is 1. The second-order valence-corrected chi connectivity index (χ2v) is 6.71. The van der Waals surface area contributed by atoms with Gasteiger partial charge in [0, 0.05) is 12.0 Å². The molecule has 0 bridgehead atoms. The van der Waals surface area contributed by atoms with Gasteiger partial charge in [0.15, 0.2) is 0 Å². The van der Waals surface area contributed by atoms with E-state index in [9.17, 15) is 9.59 Å². The Bertz CT molecular complexity index is 340. The van der Waals surface area contributed by atoms with Gasteiger partial charge in [-0.25, -0.2) is 0 Å². The smallest absolute Gasteiger partial charge is 0.303 e. The lowest BCUT2D eigenvalue weighted by molar-refractivity contribution is -0.137. The van der Waals surface area contributed by atoms with E-state index >= 15 is 0 Å². The molecule has 148 valence electrons. The van der Waals surface area contributed by atoms with Crippen LogP contribution in [0.25, 0.3) is 0 Å². The molecule has 0 aliphatic rings. The summed E-state index contributed by atoms with van der Waals surface area (Å²) in [6, 6.07) is 0. The Morgan fingerprint density at radius 2 is 1.12 bits per heavy atom. The maximum absolute atomic E-state index is 10.3. The Hall–Kier alpha value is -1.32. The molecule has 0 atom stereocenters. The first-order chi connectivity index (χ1) is 12.0. The van der Waals surface area contributed by atoms with Gasteiger partial charge < -0.3 is 10.8 Å². The third-order valence-corrected chi connectivity index (χ3v) is 4.27. The van der Waals surface area contributed by atoms with E-state index in [1.165, 1.54) is 70.6 Å². The zero-order valence-electron chi connectivity index (χ0n) is 16.7. The van der Waals surface area contributed by atoms with E-state index in [-0.39, 0.29) is 0 Å². The molecule has 0 unspecified atom stereocenters. The number of carbonyl (C=O) groups is 2. The molecule has 0 saturated heterocycles. The minimum absolute atomic E-state index is 0.345. The summed E-state index contributed by atoms with van der Waals surface area (Å²) in [6.07, 6.45) is 17.9. The molecular formula is C21H41NO3. The number of hydrogen-bond donors (Lipinski definition) is 2. The highest BCUT2D eigenvalue weighted by Gasteiger charge is 1.97. The number of carbonyl (C=O) groups excluding carboxylic acids is 1. The molecule has 0 heterocycles. The summed E-state index contributed by atoms with van der Waals surface area (Å²) in [5.41, 5.74) is 5.29. The van der Waals surface area contributed by atoms with Crippen LogP contribution >= 0.6 is 0 Å². The summed E-state index contributed by atoms with van der Waals surface area (Å²) in [5, 5.41) is 8.49. The Kier molecular flexibility index (Phi) is 21.5. The minimum atomic E-state index is -0.655. The Morgan fingerprint density at radius 3 is 1.36 bits per heavy atom. The number of hydrogen-bond acceptors (Lipinski definition) is 2. The lowest BCUT2D eigenvalue weighted by atomic mass is 10.0. The van der Waals surface area contributed by atoms with Crippen LogP contribution in [0.5, 0.6) is 0 Å². The van der Waals surface area contributed by atoms with Crippen LogP contribution < -0.4 is 5.73 Å². The fourth-order valence-corrected chi connectivity index (χ4v) is 2.47. The number of rotatable bonds is 16. The monoisotopic (exact) mass is 355 g/mol. The van der Waals surface area contributed by atoms with Crippen LogP contribution in [0.4, 0.5) is 0 Å². The predicted molar refractivity (Wildman–Crippen MR) is 107 cm³/mol. The Balaban J connectivity index is 0. The van der Waals surface area contributed by atoms with Crippen molar-refractivity contribution < 1.29 is 14.7 Å². The quantitative estimate of drug-likeness (QED) is 0.263. The lowest BCUT2D eigenvalue weighted by Gasteiger charge is -2.02. The third-order valence-electron chi connectivity index (χ3n) is 4.27. The highest BCUT2D eigenvalue weighted by molar-refractivity contribution is 5.91. The van der Waals surface area contributed by atoms with Crippen molar-refractivity contribution >= 4 is 11.9 Å². The molecule has 0 aliphatic carbocycles. The molecule has 0 aliphatic heterocycles. The lowest BCUT2D eigenvalue weighted by Crippen LogP contribution is -2.11. The fraction of sp³-hybridized carbons (Fsp3) is 0.810.